The van der Waals surface area contributed by atoms with Crippen molar-refractivity contribution in [2.75, 3.05) is 0 Å². The lowest BCUT2D eigenvalue weighted by molar-refractivity contribution is 0.629. The van der Waals surface area contributed by atoms with Gasteiger partial charge in [-0.15, -0.1) is 0 Å². The van der Waals surface area contributed by atoms with Gasteiger partial charge in [-0.05, 0) is 17.7 Å². The first-order valence-electron chi connectivity index (χ1n) is 5.57. The second-order valence-electron chi connectivity index (χ2n) is 3.82. The summed E-state index contributed by atoms with van der Waals surface area (Å²) in [5.74, 6) is 0. The maximum atomic E-state index is 9.15. The van der Waals surface area contributed by atoms with E-state index in [1.165, 1.54) is 0 Å². The fourth-order valence-electron chi connectivity index (χ4n) is 1.64. The third-order valence-corrected chi connectivity index (χ3v) is 2.97. The van der Waals surface area contributed by atoms with E-state index in [0.29, 0.717) is 11.6 Å². The molecule has 0 amide bonds. The largest absolute Gasteiger partial charge is 0.294 e. The van der Waals surface area contributed by atoms with Crippen LogP contribution < -0.4 is 5.32 Å². The van der Waals surface area contributed by atoms with Crippen molar-refractivity contribution in [1.29, 1.82) is 5.26 Å². The number of hydrogen-bond acceptors (Lipinski definition) is 3. The average molecular weight is 258 g/mol. The predicted molar refractivity (Wildman–Crippen MR) is 70.9 cm³/mol. The molecule has 0 aliphatic heterocycles. The van der Waals surface area contributed by atoms with Gasteiger partial charge in [0.15, 0.2) is 0 Å². The molecule has 0 aliphatic carbocycles. The number of nitrogens with one attached hydrogen (secondary N) is 1. The highest BCUT2D eigenvalue weighted by molar-refractivity contribution is 6.31. The molecule has 0 radical (unpaired) electrons. The molecule has 1 N–H and O–H groups in total. The molecule has 0 saturated carbocycles. The number of pyridine rings is 1. The number of benzene rings is 1. The Balaban J connectivity index is 2.05. The summed E-state index contributed by atoms with van der Waals surface area (Å²) in [4.78, 5) is 4.01. The lowest BCUT2D eigenvalue weighted by atomic mass is 10.1. The molecule has 1 atom stereocenters. The molecular weight excluding hydrogens is 246 g/mol. The van der Waals surface area contributed by atoms with E-state index in [0.717, 1.165) is 11.1 Å². The molecule has 0 aliphatic rings. The highest BCUT2D eigenvalue weighted by atomic mass is 35.5. The number of halogens is 1. The Kier molecular flexibility index (Phi) is 4.30. The topological polar surface area (TPSA) is 48.7 Å². The van der Waals surface area contributed by atoms with Crippen LogP contribution in [0.1, 0.15) is 17.2 Å². The molecule has 1 unspecified atom stereocenters. The summed E-state index contributed by atoms with van der Waals surface area (Å²) in [6, 6.07) is 13.1. The van der Waals surface area contributed by atoms with Crippen molar-refractivity contribution in [2.24, 2.45) is 0 Å². The Labute approximate surface area is 111 Å². The van der Waals surface area contributed by atoms with Gasteiger partial charge in [-0.1, -0.05) is 35.9 Å². The Hall–Kier alpha value is -1.89. The predicted octanol–water partition coefficient (Wildman–Crippen LogP) is 3.09. The Morgan fingerprint density at radius 2 is 2.11 bits per heavy atom. The number of hydrogen-bond donors (Lipinski definition) is 1. The van der Waals surface area contributed by atoms with E-state index in [1.807, 2.05) is 36.4 Å². The fourth-order valence-corrected chi connectivity index (χ4v) is 1.84. The molecular formula is C14H12ClN3. The van der Waals surface area contributed by atoms with E-state index in [2.05, 4.69) is 16.4 Å². The molecule has 2 aromatic rings. The SMILES string of the molecule is N#CC(NCc1ccccc1Cl)c1cccnc1. The van der Waals surface area contributed by atoms with Crippen LogP contribution in [0.2, 0.25) is 5.02 Å². The zero-order valence-electron chi connectivity index (χ0n) is 9.68. The smallest absolute Gasteiger partial charge is 0.123 e. The van der Waals surface area contributed by atoms with Gasteiger partial charge in [0, 0.05) is 29.5 Å². The van der Waals surface area contributed by atoms with Crippen LogP contribution in [0.4, 0.5) is 0 Å². The highest BCUT2D eigenvalue weighted by Gasteiger charge is 2.10. The highest BCUT2D eigenvalue weighted by Crippen LogP contribution is 2.16. The molecule has 2 rings (SSSR count). The van der Waals surface area contributed by atoms with E-state index in [9.17, 15) is 0 Å². The maximum Gasteiger partial charge on any atom is 0.123 e. The minimum atomic E-state index is -0.380. The first kappa shape index (κ1) is 12.6. The van der Waals surface area contributed by atoms with Gasteiger partial charge in [0.05, 0.1) is 6.07 Å². The average Bonchev–Trinajstić information content (AvgIpc) is 2.42. The lowest BCUT2D eigenvalue weighted by Crippen LogP contribution is -2.19. The lowest BCUT2D eigenvalue weighted by Gasteiger charge is -2.12. The van der Waals surface area contributed by atoms with E-state index < -0.39 is 0 Å². The van der Waals surface area contributed by atoms with Crippen LogP contribution in [0.15, 0.2) is 48.8 Å². The summed E-state index contributed by atoms with van der Waals surface area (Å²) < 4.78 is 0. The second kappa shape index (κ2) is 6.15. The van der Waals surface area contributed by atoms with Crippen LogP contribution in [-0.2, 0) is 6.54 Å². The van der Waals surface area contributed by atoms with E-state index in [1.54, 1.807) is 12.4 Å². The maximum absolute atomic E-state index is 9.15. The standard InChI is InChI=1S/C14H12ClN3/c15-13-6-2-1-4-11(13)10-18-14(8-16)12-5-3-7-17-9-12/h1-7,9,14,18H,10H2. The first-order valence-corrected chi connectivity index (χ1v) is 5.95. The quantitative estimate of drug-likeness (QED) is 0.916. The first-order chi connectivity index (χ1) is 8.81. The van der Waals surface area contributed by atoms with Crippen LogP contribution in [0, 0.1) is 11.3 Å². The van der Waals surface area contributed by atoms with Crippen LogP contribution in [0.5, 0.6) is 0 Å². The van der Waals surface area contributed by atoms with Gasteiger partial charge >= 0.3 is 0 Å². The van der Waals surface area contributed by atoms with Gasteiger partial charge in [-0.2, -0.15) is 5.26 Å². The zero-order valence-corrected chi connectivity index (χ0v) is 10.4. The van der Waals surface area contributed by atoms with Gasteiger partial charge in [0.2, 0.25) is 0 Å². The normalized spacial score (nSPS) is 11.8. The van der Waals surface area contributed by atoms with Crippen molar-refractivity contribution in [3.05, 3.63) is 64.9 Å². The van der Waals surface area contributed by atoms with E-state index >= 15 is 0 Å². The molecule has 90 valence electrons. The summed E-state index contributed by atoms with van der Waals surface area (Å²) in [5.41, 5.74) is 1.83. The molecule has 18 heavy (non-hydrogen) atoms. The summed E-state index contributed by atoms with van der Waals surface area (Å²) in [7, 11) is 0. The summed E-state index contributed by atoms with van der Waals surface area (Å²) in [5, 5.41) is 13.0. The monoisotopic (exact) mass is 257 g/mol. The van der Waals surface area contributed by atoms with Crippen molar-refractivity contribution in [3.8, 4) is 6.07 Å². The molecule has 4 heteroatoms. The van der Waals surface area contributed by atoms with Gasteiger partial charge in [-0.3, -0.25) is 10.3 Å². The van der Waals surface area contributed by atoms with Gasteiger partial charge < -0.3 is 0 Å². The van der Waals surface area contributed by atoms with E-state index in [4.69, 9.17) is 16.9 Å². The molecule has 1 aromatic heterocycles. The van der Waals surface area contributed by atoms with Crippen LogP contribution >= 0.6 is 11.6 Å². The van der Waals surface area contributed by atoms with Gasteiger partial charge in [0.25, 0.3) is 0 Å². The number of nitriles is 1. The molecule has 0 spiro atoms. The van der Waals surface area contributed by atoms with Gasteiger partial charge in [-0.25, -0.2) is 0 Å². The molecule has 0 bridgehead atoms. The minimum absolute atomic E-state index is 0.380. The molecule has 1 heterocycles. The zero-order chi connectivity index (χ0) is 12.8. The third-order valence-electron chi connectivity index (χ3n) is 2.60. The molecule has 0 fully saturated rings. The van der Waals surface area contributed by atoms with Crippen molar-refractivity contribution < 1.29 is 0 Å². The summed E-state index contributed by atoms with van der Waals surface area (Å²) in [6.07, 6.45) is 3.37. The van der Waals surface area contributed by atoms with Gasteiger partial charge in [0.1, 0.15) is 6.04 Å². The minimum Gasteiger partial charge on any atom is -0.294 e. The van der Waals surface area contributed by atoms with Crippen LogP contribution in [0.25, 0.3) is 0 Å². The fraction of sp³-hybridized carbons (Fsp3) is 0.143. The van der Waals surface area contributed by atoms with Crippen molar-refractivity contribution in [3.63, 3.8) is 0 Å². The third kappa shape index (κ3) is 3.07. The van der Waals surface area contributed by atoms with Crippen LogP contribution in [-0.4, -0.2) is 4.98 Å². The Morgan fingerprint density at radius 1 is 1.28 bits per heavy atom. The number of rotatable bonds is 4. The second-order valence-corrected chi connectivity index (χ2v) is 4.23. The summed E-state index contributed by atoms with van der Waals surface area (Å²) >= 11 is 6.06. The molecule has 1 aromatic carbocycles. The van der Waals surface area contributed by atoms with E-state index in [-0.39, 0.29) is 6.04 Å². The Morgan fingerprint density at radius 3 is 2.78 bits per heavy atom. The molecule has 3 nitrogen and oxygen atoms in total. The summed E-state index contributed by atoms with van der Waals surface area (Å²) in [6.45, 7) is 0.548. The van der Waals surface area contributed by atoms with Crippen molar-refractivity contribution >= 4 is 11.6 Å². The molecule has 0 saturated heterocycles. The van der Waals surface area contributed by atoms with Crippen molar-refractivity contribution in [2.45, 2.75) is 12.6 Å². The van der Waals surface area contributed by atoms with Crippen LogP contribution in [0.3, 0.4) is 0 Å². The van der Waals surface area contributed by atoms with Crippen molar-refractivity contribution in [1.82, 2.24) is 10.3 Å². The number of nitrogens with zero attached hydrogens (tertiary/aromatic N) is 2. The number of aromatic nitrogens is 1. The Bertz CT molecular complexity index is 548.